The molecule has 2 N–H and O–H groups in total. The molecule has 5 aromatic rings. The summed E-state index contributed by atoms with van der Waals surface area (Å²) in [5.74, 6) is 0.215. The van der Waals surface area contributed by atoms with Crippen molar-refractivity contribution in [3.63, 3.8) is 0 Å². The van der Waals surface area contributed by atoms with Crippen LogP contribution in [0, 0.1) is 0 Å². The lowest BCUT2D eigenvalue weighted by Gasteiger charge is -2.36. The molecule has 2 aromatic heterocycles. The van der Waals surface area contributed by atoms with Gasteiger partial charge in [-0.05, 0) is 42.7 Å². The van der Waals surface area contributed by atoms with Gasteiger partial charge < -0.3 is 19.6 Å². The van der Waals surface area contributed by atoms with Crippen molar-refractivity contribution in [1.29, 1.82) is 0 Å². The number of hydrogen-bond acceptors (Lipinski definition) is 5. The first-order valence-electron chi connectivity index (χ1n) is 14.6. The fourth-order valence-electron chi connectivity index (χ4n) is 5.57. The Balaban J connectivity index is 1.06. The van der Waals surface area contributed by atoms with Crippen LogP contribution in [0.5, 0.6) is 5.75 Å². The maximum atomic E-state index is 13.1. The Bertz CT molecular complexity index is 1630. The van der Waals surface area contributed by atoms with Crippen molar-refractivity contribution in [2.45, 2.75) is 38.8 Å². The zero-order valence-electron chi connectivity index (χ0n) is 23.7. The summed E-state index contributed by atoms with van der Waals surface area (Å²) in [5, 5.41) is 0. The SMILES string of the molecule is CCCCCc1ccc(-c2nc3c(N4CCN(CCOc5cccc6[nH]c(C(F)(F)F)nc56)CC4)cccc3[nH]2)cc1. The number of aromatic amines is 2. The minimum atomic E-state index is -4.53. The molecule has 220 valence electrons. The van der Waals surface area contributed by atoms with Crippen LogP contribution in [0.25, 0.3) is 33.5 Å². The summed E-state index contributed by atoms with van der Waals surface area (Å²) in [6.07, 6.45) is 0.284. The van der Waals surface area contributed by atoms with Crippen molar-refractivity contribution in [3.8, 4) is 17.1 Å². The van der Waals surface area contributed by atoms with E-state index >= 15 is 0 Å². The number of rotatable bonds is 10. The van der Waals surface area contributed by atoms with Gasteiger partial charge >= 0.3 is 6.18 Å². The Labute approximate surface area is 242 Å². The van der Waals surface area contributed by atoms with Crippen molar-refractivity contribution in [1.82, 2.24) is 24.8 Å². The molecule has 0 amide bonds. The van der Waals surface area contributed by atoms with Crippen LogP contribution >= 0.6 is 0 Å². The minimum Gasteiger partial charge on any atom is -0.490 e. The molecule has 10 heteroatoms. The van der Waals surface area contributed by atoms with E-state index in [1.165, 1.54) is 24.8 Å². The Kier molecular flexibility index (Phi) is 8.06. The summed E-state index contributed by atoms with van der Waals surface area (Å²) in [6.45, 7) is 6.65. The van der Waals surface area contributed by atoms with Crippen molar-refractivity contribution < 1.29 is 17.9 Å². The van der Waals surface area contributed by atoms with Gasteiger partial charge in [0.2, 0.25) is 5.82 Å². The molecule has 0 saturated carbocycles. The number of alkyl halides is 3. The Morgan fingerprint density at radius 3 is 2.31 bits per heavy atom. The smallest absolute Gasteiger partial charge is 0.449 e. The van der Waals surface area contributed by atoms with Crippen molar-refractivity contribution in [2.75, 3.05) is 44.2 Å². The van der Waals surface area contributed by atoms with Gasteiger partial charge in [0.15, 0.2) is 0 Å². The summed E-state index contributed by atoms with van der Waals surface area (Å²) in [7, 11) is 0. The molecule has 1 aliphatic rings. The topological polar surface area (TPSA) is 73.1 Å². The third-order valence-corrected chi connectivity index (χ3v) is 7.91. The van der Waals surface area contributed by atoms with E-state index in [0.717, 1.165) is 60.7 Å². The van der Waals surface area contributed by atoms with Crippen molar-refractivity contribution in [2.24, 2.45) is 0 Å². The predicted octanol–water partition coefficient (Wildman–Crippen LogP) is 7.06. The number of H-pyrrole nitrogens is 2. The van der Waals surface area contributed by atoms with Crippen LogP contribution in [0.2, 0.25) is 0 Å². The van der Waals surface area contributed by atoms with Gasteiger partial charge in [-0.15, -0.1) is 0 Å². The lowest BCUT2D eigenvalue weighted by molar-refractivity contribution is -0.144. The zero-order valence-corrected chi connectivity index (χ0v) is 23.7. The molecule has 0 aliphatic carbocycles. The largest absolute Gasteiger partial charge is 0.490 e. The zero-order chi connectivity index (χ0) is 29.1. The van der Waals surface area contributed by atoms with Gasteiger partial charge in [0, 0.05) is 38.3 Å². The molecular weight excluding hydrogens is 541 g/mol. The molecule has 3 heterocycles. The van der Waals surface area contributed by atoms with Gasteiger partial charge in [0.1, 0.15) is 29.2 Å². The highest BCUT2D eigenvalue weighted by atomic mass is 19.4. The molecule has 1 aliphatic heterocycles. The molecular formula is C32H35F3N6O. The number of aromatic nitrogens is 4. The van der Waals surface area contributed by atoms with Crippen LogP contribution in [0.3, 0.4) is 0 Å². The molecule has 0 bridgehead atoms. The van der Waals surface area contributed by atoms with Crippen molar-refractivity contribution >= 4 is 27.8 Å². The highest BCUT2D eigenvalue weighted by Crippen LogP contribution is 2.32. The molecule has 7 nitrogen and oxygen atoms in total. The van der Waals surface area contributed by atoms with E-state index in [0.29, 0.717) is 24.4 Å². The van der Waals surface area contributed by atoms with E-state index in [4.69, 9.17) is 9.72 Å². The van der Waals surface area contributed by atoms with E-state index in [1.54, 1.807) is 18.2 Å². The van der Waals surface area contributed by atoms with Crippen LogP contribution < -0.4 is 9.64 Å². The van der Waals surface area contributed by atoms with Gasteiger partial charge in [0.05, 0.1) is 16.7 Å². The normalized spacial score (nSPS) is 14.7. The molecule has 42 heavy (non-hydrogen) atoms. The predicted molar refractivity (Wildman–Crippen MR) is 160 cm³/mol. The first-order valence-corrected chi connectivity index (χ1v) is 14.6. The highest BCUT2D eigenvalue weighted by molar-refractivity contribution is 5.91. The van der Waals surface area contributed by atoms with Crippen LogP contribution in [-0.2, 0) is 12.6 Å². The number of imidazole rings is 2. The molecule has 1 fully saturated rings. The van der Waals surface area contributed by atoms with Crippen molar-refractivity contribution in [3.05, 3.63) is 72.1 Å². The van der Waals surface area contributed by atoms with Gasteiger partial charge in [-0.1, -0.05) is 56.2 Å². The summed E-state index contributed by atoms with van der Waals surface area (Å²) >= 11 is 0. The third-order valence-electron chi connectivity index (χ3n) is 7.91. The quantitative estimate of drug-likeness (QED) is 0.174. The lowest BCUT2D eigenvalue weighted by atomic mass is 10.1. The minimum absolute atomic E-state index is 0.198. The molecule has 0 atom stereocenters. The van der Waals surface area contributed by atoms with Crippen LogP contribution in [-0.4, -0.2) is 64.2 Å². The number of ether oxygens (including phenoxy) is 1. The molecule has 0 unspecified atom stereocenters. The Morgan fingerprint density at radius 1 is 0.833 bits per heavy atom. The lowest BCUT2D eigenvalue weighted by Crippen LogP contribution is -2.47. The number of piperazine rings is 1. The maximum Gasteiger partial charge on any atom is 0.449 e. The van der Waals surface area contributed by atoms with Crippen LogP contribution in [0.4, 0.5) is 18.9 Å². The molecule has 1 saturated heterocycles. The van der Waals surface area contributed by atoms with Gasteiger partial charge in [-0.3, -0.25) is 4.90 Å². The second-order valence-corrected chi connectivity index (χ2v) is 10.8. The van der Waals surface area contributed by atoms with Gasteiger partial charge in [-0.2, -0.15) is 13.2 Å². The van der Waals surface area contributed by atoms with E-state index in [9.17, 15) is 13.2 Å². The monoisotopic (exact) mass is 576 g/mol. The molecule has 0 radical (unpaired) electrons. The Morgan fingerprint density at radius 2 is 1.57 bits per heavy atom. The number of hydrogen-bond donors (Lipinski definition) is 2. The Hall–Kier alpha value is -4.05. The fourth-order valence-corrected chi connectivity index (χ4v) is 5.57. The number of unbranched alkanes of at least 4 members (excludes halogenated alkanes) is 2. The number of para-hydroxylation sites is 2. The van der Waals surface area contributed by atoms with Gasteiger partial charge in [0.25, 0.3) is 0 Å². The highest BCUT2D eigenvalue weighted by Gasteiger charge is 2.35. The standard InChI is InChI=1S/C32H35F3N6O/c1-2-3-4-7-22-12-14-23(15-13-22)30-36-24-8-5-10-26(28(24)38-30)41-18-16-40(17-19-41)20-21-42-27-11-6-9-25-29(27)39-31(37-25)32(33,34)35/h5-6,8-15H,2-4,7,16-21H2,1H3,(H,36,38)(H,37,39). The molecule has 3 aromatic carbocycles. The summed E-state index contributed by atoms with van der Waals surface area (Å²) in [6, 6.07) is 19.9. The van der Waals surface area contributed by atoms with E-state index < -0.39 is 12.0 Å². The van der Waals surface area contributed by atoms with E-state index in [1.807, 2.05) is 0 Å². The average molecular weight is 577 g/mol. The first kappa shape index (κ1) is 28.1. The maximum absolute atomic E-state index is 13.1. The van der Waals surface area contributed by atoms with Gasteiger partial charge in [-0.25, -0.2) is 9.97 Å². The average Bonchev–Trinajstić information content (AvgIpc) is 3.64. The summed E-state index contributed by atoms with van der Waals surface area (Å²) in [4.78, 5) is 19.2. The number of halogens is 3. The number of fused-ring (bicyclic) bond motifs is 2. The third kappa shape index (κ3) is 6.09. The second-order valence-electron chi connectivity index (χ2n) is 10.8. The van der Waals surface area contributed by atoms with Crippen LogP contribution in [0.1, 0.15) is 37.6 Å². The summed E-state index contributed by atoms with van der Waals surface area (Å²) < 4.78 is 45.1. The number of nitrogens with one attached hydrogen (secondary N) is 2. The second kappa shape index (κ2) is 12.1. The molecule has 0 spiro atoms. The molecule has 6 rings (SSSR count). The van der Waals surface area contributed by atoms with E-state index in [2.05, 4.69) is 74.1 Å². The fraction of sp³-hybridized carbons (Fsp3) is 0.375. The van der Waals surface area contributed by atoms with E-state index in [-0.39, 0.29) is 5.52 Å². The van der Waals surface area contributed by atoms with Crippen LogP contribution in [0.15, 0.2) is 60.7 Å². The number of nitrogens with zero attached hydrogens (tertiary/aromatic N) is 4. The number of aryl methyl sites for hydroxylation is 1. The first-order chi connectivity index (χ1) is 20.4. The summed E-state index contributed by atoms with van der Waals surface area (Å²) in [5.41, 5.74) is 6.07. The number of benzene rings is 3. The number of anilines is 1.